The van der Waals surface area contributed by atoms with Gasteiger partial charge in [-0.1, -0.05) is 12.1 Å². The molecule has 1 aliphatic carbocycles. The first-order valence-corrected chi connectivity index (χ1v) is 6.17. The molecule has 0 spiro atoms. The highest BCUT2D eigenvalue weighted by molar-refractivity contribution is 6.02. The summed E-state index contributed by atoms with van der Waals surface area (Å²) in [5.41, 5.74) is 6.65. The van der Waals surface area contributed by atoms with Crippen LogP contribution >= 0.6 is 0 Å². The van der Waals surface area contributed by atoms with Crippen molar-refractivity contribution < 1.29 is 4.79 Å². The molecular weight excluding hydrogens is 242 g/mol. The number of nitrogens with zero attached hydrogens (tertiary/aromatic N) is 2. The molecule has 0 bridgehead atoms. The molecule has 1 aliphatic rings. The number of hydrogen-bond donors (Lipinski definition) is 3. The summed E-state index contributed by atoms with van der Waals surface area (Å²) in [5, 5.41) is 9.77. The second-order valence-electron chi connectivity index (χ2n) is 4.90. The van der Waals surface area contributed by atoms with Gasteiger partial charge in [0.25, 0.3) is 0 Å². The minimum Gasteiger partial charge on any atom is -0.324 e. The summed E-state index contributed by atoms with van der Waals surface area (Å²) in [5.74, 6) is 1.15. The van der Waals surface area contributed by atoms with Crippen molar-refractivity contribution in [2.45, 2.75) is 25.3 Å². The van der Waals surface area contributed by atoms with Crippen molar-refractivity contribution >= 4 is 11.6 Å². The van der Waals surface area contributed by atoms with Crippen molar-refractivity contribution in [2.75, 3.05) is 5.32 Å². The Hall–Kier alpha value is -2.21. The summed E-state index contributed by atoms with van der Waals surface area (Å²) in [6.07, 6.45) is 1.47. The van der Waals surface area contributed by atoms with Crippen molar-refractivity contribution in [3.63, 3.8) is 0 Å². The maximum absolute atomic E-state index is 12.0. The van der Waals surface area contributed by atoms with Crippen LogP contribution in [0.4, 0.5) is 5.69 Å². The van der Waals surface area contributed by atoms with Crippen LogP contribution in [-0.2, 0) is 4.79 Å². The number of para-hydroxylation sites is 1. The van der Waals surface area contributed by atoms with Crippen molar-refractivity contribution in [1.82, 2.24) is 15.2 Å². The molecule has 0 atom stereocenters. The van der Waals surface area contributed by atoms with Gasteiger partial charge in [0.2, 0.25) is 5.91 Å². The topological polar surface area (TPSA) is 96.7 Å². The van der Waals surface area contributed by atoms with Gasteiger partial charge in [-0.3, -0.25) is 9.89 Å². The standard InChI is InChI=1S/C13H15N5O/c1-8-15-11(18-17-8)9-4-2-3-5-10(9)16-12(19)13(14)6-7-13/h2-5H,6-7,14H2,1H3,(H,16,19)(H,15,17,18). The number of anilines is 1. The third-order valence-corrected chi connectivity index (χ3v) is 3.25. The molecule has 0 radical (unpaired) electrons. The number of nitrogens with two attached hydrogens (primary N) is 1. The van der Waals surface area contributed by atoms with E-state index in [9.17, 15) is 4.79 Å². The van der Waals surface area contributed by atoms with Gasteiger partial charge in [0.15, 0.2) is 5.82 Å². The number of amides is 1. The Morgan fingerprint density at radius 2 is 2.16 bits per heavy atom. The average Bonchev–Trinajstić information content (AvgIpc) is 3.00. The van der Waals surface area contributed by atoms with Gasteiger partial charge in [-0.25, -0.2) is 4.98 Å². The van der Waals surface area contributed by atoms with Crippen LogP contribution in [0.15, 0.2) is 24.3 Å². The molecule has 6 nitrogen and oxygen atoms in total. The van der Waals surface area contributed by atoms with E-state index in [0.717, 1.165) is 24.2 Å². The summed E-state index contributed by atoms with van der Waals surface area (Å²) in [6.45, 7) is 1.83. The highest BCUT2D eigenvalue weighted by Crippen LogP contribution is 2.34. The third kappa shape index (κ3) is 2.22. The first-order chi connectivity index (χ1) is 9.08. The van der Waals surface area contributed by atoms with E-state index in [4.69, 9.17) is 5.73 Å². The summed E-state index contributed by atoms with van der Waals surface area (Å²) in [7, 11) is 0. The van der Waals surface area contributed by atoms with Crippen molar-refractivity contribution in [2.24, 2.45) is 5.73 Å². The second kappa shape index (κ2) is 4.17. The lowest BCUT2D eigenvalue weighted by molar-refractivity contribution is -0.118. The molecule has 1 fully saturated rings. The third-order valence-electron chi connectivity index (χ3n) is 3.25. The van der Waals surface area contributed by atoms with E-state index in [1.54, 1.807) is 0 Å². The number of carbonyl (C=O) groups is 1. The minimum atomic E-state index is -0.692. The summed E-state index contributed by atoms with van der Waals surface area (Å²) in [6, 6.07) is 7.43. The molecule has 0 aliphatic heterocycles. The molecule has 1 amide bonds. The van der Waals surface area contributed by atoms with Crippen molar-refractivity contribution in [3.8, 4) is 11.4 Å². The maximum atomic E-state index is 12.0. The largest absolute Gasteiger partial charge is 0.324 e. The molecule has 1 saturated carbocycles. The molecule has 3 rings (SSSR count). The van der Waals surface area contributed by atoms with E-state index >= 15 is 0 Å². The molecule has 1 aromatic carbocycles. The van der Waals surface area contributed by atoms with Gasteiger partial charge in [0, 0.05) is 5.56 Å². The Morgan fingerprint density at radius 1 is 1.42 bits per heavy atom. The highest BCUT2D eigenvalue weighted by atomic mass is 16.2. The van der Waals surface area contributed by atoms with Gasteiger partial charge < -0.3 is 11.1 Å². The molecule has 6 heteroatoms. The number of aromatic nitrogens is 3. The van der Waals surface area contributed by atoms with Crippen LogP contribution < -0.4 is 11.1 Å². The fourth-order valence-electron chi connectivity index (χ4n) is 1.86. The van der Waals surface area contributed by atoms with Crippen molar-refractivity contribution in [3.05, 3.63) is 30.1 Å². The predicted molar refractivity (Wildman–Crippen MR) is 71.3 cm³/mol. The number of nitrogens with one attached hydrogen (secondary N) is 2. The van der Waals surface area contributed by atoms with Crippen LogP contribution in [0, 0.1) is 6.92 Å². The Morgan fingerprint density at radius 3 is 2.79 bits per heavy atom. The zero-order valence-electron chi connectivity index (χ0n) is 10.6. The van der Waals surface area contributed by atoms with Gasteiger partial charge >= 0.3 is 0 Å². The molecule has 1 heterocycles. The number of hydrogen-bond acceptors (Lipinski definition) is 4. The number of H-pyrrole nitrogens is 1. The molecule has 1 aromatic heterocycles. The molecule has 0 unspecified atom stereocenters. The monoisotopic (exact) mass is 257 g/mol. The molecule has 4 N–H and O–H groups in total. The molecule has 0 saturated heterocycles. The SMILES string of the molecule is Cc1nc(-c2ccccc2NC(=O)C2(N)CC2)n[nH]1. The number of rotatable bonds is 3. The highest BCUT2D eigenvalue weighted by Gasteiger charge is 2.46. The Bertz CT molecular complexity index is 629. The van der Waals surface area contributed by atoms with E-state index in [-0.39, 0.29) is 5.91 Å². The molecule has 19 heavy (non-hydrogen) atoms. The molecular formula is C13H15N5O. The Kier molecular flexibility index (Phi) is 2.60. The predicted octanol–water partition coefficient (Wildman–Crippen LogP) is 1.21. The average molecular weight is 257 g/mol. The quantitative estimate of drug-likeness (QED) is 0.770. The smallest absolute Gasteiger partial charge is 0.244 e. The zero-order chi connectivity index (χ0) is 13.5. The van der Waals surface area contributed by atoms with Crippen LogP contribution in [0.1, 0.15) is 18.7 Å². The van der Waals surface area contributed by atoms with E-state index in [0.29, 0.717) is 11.5 Å². The first-order valence-electron chi connectivity index (χ1n) is 6.17. The lowest BCUT2D eigenvalue weighted by atomic mass is 10.1. The summed E-state index contributed by atoms with van der Waals surface area (Å²) < 4.78 is 0. The lowest BCUT2D eigenvalue weighted by Gasteiger charge is -2.12. The van der Waals surface area contributed by atoms with E-state index in [1.807, 2.05) is 31.2 Å². The second-order valence-corrected chi connectivity index (χ2v) is 4.90. The van der Waals surface area contributed by atoms with E-state index in [2.05, 4.69) is 20.5 Å². The Balaban J connectivity index is 1.91. The van der Waals surface area contributed by atoms with Crippen LogP contribution in [0.5, 0.6) is 0 Å². The summed E-state index contributed by atoms with van der Waals surface area (Å²) >= 11 is 0. The molecule has 98 valence electrons. The van der Waals surface area contributed by atoms with Gasteiger partial charge in [-0.15, -0.1) is 0 Å². The van der Waals surface area contributed by atoms with Crippen molar-refractivity contribution in [1.29, 1.82) is 0 Å². The van der Waals surface area contributed by atoms with Crippen LogP contribution in [0.25, 0.3) is 11.4 Å². The van der Waals surface area contributed by atoms with Crippen LogP contribution in [0.3, 0.4) is 0 Å². The van der Waals surface area contributed by atoms with Crippen LogP contribution in [0.2, 0.25) is 0 Å². The first kappa shape index (κ1) is 11.9. The van der Waals surface area contributed by atoms with Crippen LogP contribution in [-0.4, -0.2) is 26.6 Å². The Labute approximate surface area is 110 Å². The van der Waals surface area contributed by atoms with Gasteiger partial charge in [-0.2, -0.15) is 5.10 Å². The summed E-state index contributed by atoms with van der Waals surface area (Å²) in [4.78, 5) is 16.3. The zero-order valence-corrected chi connectivity index (χ0v) is 10.6. The number of benzene rings is 1. The number of aromatic amines is 1. The maximum Gasteiger partial charge on any atom is 0.244 e. The minimum absolute atomic E-state index is 0.146. The normalized spacial score (nSPS) is 16.1. The lowest BCUT2D eigenvalue weighted by Crippen LogP contribution is -2.37. The van der Waals surface area contributed by atoms with Gasteiger partial charge in [0.05, 0.1) is 11.2 Å². The fraction of sp³-hybridized carbons (Fsp3) is 0.308. The van der Waals surface area contributed by atoms with Gasteiger partial charge in [0.1, 0.15) is 5.82 Å². The molecule has 2 aromatic rings. The number of aryl methyl sites for hydroxylation is 1. The van der Waals surface area contributed by atoms with Gasteiger partial charge in [-0.05, 0) is 31.9 Å². The van der Waals surface area contributed by atoms with E-state index < -0.39 is 5.54 Å². The fourth-order valence-corrected chi connectivity index (χ4v) is 1.86. The number of carbonyl (C=O) groups excluding carboxylic acids is 1. The van der Waals surface area contributed by atoms with E-state index in [1.165, 1.54) is 0 Å².